The normalized spacial score (nSPS) is 13.8. The van der Waals surface area contributed by atoms with Gasteiger partial charge in [0, 0.05) is 25.2 Å². The standard InChI is InChI=1S/C14H15N3O3/c1-2-7-15-14(18)12-10-11(17(19)20)5-6-13(12)16-8-3-4-9-16/h1,5-6,10H,3-4,7-9H2,(H,15,18). The molecule has 1 heterocycles. The van der Waals surface area contributed by atoms with Gasteiger partial charge in [-0.05, 0) is 18.9 Å². The first-order valence-electron chi connectivity index (χ1n) is 6.38. The second-order valence-corrected chi connectivity index (χ2v) is 4.54. The van der Waals surface area contributed by atoms with Crippen LogP contribution in [0.5, 0.6) is 0 Å². The third-order valence-electron chi connectivity index (χ3n) is 3.23. The highest BCUT2D eigenvalue weighted by molar-refractivity contribution is 6.00. The number of hydrogen-bond acceptors (Lipinski definition) is 4. The van der Waals surface area contributed by atoms with Gasteiger partial charge in [-0.15, -0.1) is 6.42 Å². The summed E-state index contributed by atoms with van der Waals surface area (Å²) in [5.74, 6) is 1.93. The minimum absolute atomic E-state index is 0.0982. The predicted octanol–water partition coefficient (Wildman–Crippen LogP) is 1.56. The second kappa shape index (κ2) is 6.06. The van der Waals surface area contributed by atoms with E-state index in [4.69, 9.17) is 6.42 Å². The molecule has 6 heteroatoms. The number of carbonyl (C=O) groups excluding carboxylic acids is 1. The van der Waals surface area contributed by atoms with Gasteiger partial charge in [-0.25, -0.2) is 0 Å². The zero-order chi connectivity index (χ0) is 14.5. The van der Waals surface area contributed by atoms with Crippen LogP contribution in [0.4, 0.5) is 11.4 Å². The van der Waals surface area contributed by atoms with Crippen molar-refractivity contribution in [1.82, 2.24) is 5.32 Å². The molecule has 0 aromatic heterocycles. The number of non-ortho nitro benzene ring substituents is 1. The zero-order valence-corrected chi connectivity index (χ0v) is 11.0. The Morgan fingerprint density at radius 1 is 1.45 bits per heavy atom. The number of carbonyl (C=O) groups is 1. The van der Waals surface area contributed by atoms with E-state index in [1.54, 1.807) is 6.07 Å². The first-order chi connectivity index (χ1) is 9.63. The van der Waals surface area contributed by atoms with E-state index in [0.29, 0.717) is 5.56 Å². The van der Waals surface area contributed by atoms with Gasteiger partial charge < -0.3 is 10.2 Å². The molecule has 0 saturated carbocycles. The van der Waals surface area contributed by atoms with Crippen LogP contribution in [0.15, 0.2) is 18.2 Å². The summed E-state index contributed by atoms with van der Waals surface area (Å²) >= 11 is 0. The lowest BCUT2D eigenvalue weighted by Gasteiger charge is -2.20. The van der Waals surface area contributed by atoms with E-state index < -0.39 is 4.92 Å². The van der Waals surface area contributed by atoms with Gasteiger partial charge in [0.25, 0.3) is 11.6 Å². The highest BCUT2D eigenvalue weighted by atomic mass is 16.6. The molecule has 0 atom stereocenters. The van der Waals surface area contributed by atoms with Gasteiger partial charge in [-0.1, -0.05) is 5.92 Å². The number of nitro groups is 1. The van der Waals surface area contributed by atoms with Crippen molar-refractivity contribution in [2.75, 3.05) is 24.5 Å². The molecular weight excluding hydrogens is 258 g/mol. The molecule has 1 aromatic carbocycles. The average Bonchev–Trinajstić information content (AvgIpc) is 2.98. The summed E-state index contributed by atoms with van der Waals surface area (Å²) < 4.78 is 0. The Balaban J connectivity index is 2.37. The van der Waals surface area contributed by atoms with Crippen LogP contribution in [-0.2, 0) is 0 Å². The van der Waals surface area contributed by atoms with Gasteiger partial charge in [0.2, 0.25) is 0 Å². The number of benzene rings is 1. The molecule has 1 aliphatic rings. The highest BCUT2D eigenvalue weighted by Crippen LogP contribution is 2.28. The lowest BCUT2D eigenvalue weighted by Crippen LogP contribution is -2.27. The molecule has 0 bridgehead atoms. The fourth-order valence-corrected chi connectivity index (χ4v) is 2.28. The van der Waals surface area contributed by atoms with Crippen LogP contribution < -0.4 is 10.2 Å². The number of nitro benzene ring substituents is 1. The number of amides is 1. The van der Waals surface area contributed by atoms with E-state index in [1.165, 1.54) is 12.1 Å². The topological polar surface area (TPSA) is 75.5 Å². The molecule has 1 aromatic rings. The molecule has 20 heavy (non-hydrogen) atoms. The Kier molecular flexibility index (Phi) is 4.20. The molecule has 1 saturated heterocycles. The molecule has 6 nitrogen and oxygen atoms in total. The quantitative estimate of drug-likeness (QED) is 0.513. The molecule has 1 fully saturated rings. The average molecular weight is 273 g/mol. The minimum Gasteiger partial charge on any atom is -0.371 e. The van der Waals surface area contributed by atoms with E-state index in [-0.39, 0.29) is 18.1 Å². The van der Waals surface area contributed by atoms with E-state index in [0.717, 1.165) is 31.6 Å². The van der Waals surface area contributed by atoms with Crippen molar-refractivity contribution in [3.8, 4) is 12.3 Å². The number of hydrogen-bond donors (Lipinski definition) is 1. The van der Waals surface area contributed by atoms with Crippen molar-refractivity contribution >= 4 is 17.3 Å². The van der Waals surface area contributed by atoms with Gasteiger partial charge in [0.05, 0.1) is 22.7 Å². The van der Waals surface area contributed by atoms with Crippen LogP contribution in [0.3, 0.4) is 0 Å². The number of nitrogens with one attached hydrogen (secondary N) is 1. The van der Waals surface area contributed by atoms with Gasteiger partial charge in [0.15, 0.2) is 0 Å². The van der Waals surface area contributed by atoms with Crippen molar-refractivity contribution in [2.45, 2.75) is 12.8 Å². The number of terminal acetylenes is 1. The molecule has 0 spiro atoms. The van der Waals surface area contributed by atoms with Crippen LogP contribution in [-0.4, -0.2) is 30.5 Å². The van der Waals surface area contributed by atoms with Crippen molar-refractivity contribution in [2.24, 2.45) is 0 Å². The number of rotatable bonds is 4. The Bertz CT molecular complexity index is 572. The van der Waals surface area contributed by atoms with E-state index in [1.807, 2.05) is 0 Å². The maximum Gasteiger partial charge on any atom is 0.270 e. The first kappa shape index (κ1) is 13.9. The summed E-state index contributed by atoms with van der Waals surface area (Å²) in [7, 11) is 0. The highest BCUT2D eigenvalue weighted by Gasteiger charge is 2.22. The molecule has 1 aliphatic heterocycles. The molecule has 0 aliphatic carbocycles. The summed E-state index contributed by atoms with van der Waals surface area (Å²) in [5.41, 5.74) is 0.928. The minimum atomic E-state index is -0.508. The van der Waals surface area contributed by atoms with Crippen LogP contribution in [0.2, 0.25) is 0 Å². The van der Waals surface area contributed by atoms with Crippen LogP contribution in [0.25, 0.3) is 0 Å². The molecule has 2 rings (SSSR count). The van der Waals surface area contributed by atoms with Crippen molar-refractivity contribution in [1.29, 1.82) is 0 Å². The van der Waals surface area contributed by atoms with Gasteiger partial charge in [0.1, 0.15) is 0 Å². The molecule has 1 N–H and O–H groups in total. The fraction of sp³-hybridized carbons (Fsp3) is 0.357. The fourth-order valence-electron chi connectivity index (χ4n) is 2.28. The third kappa shape index (κ3) is 2.88. The summed E-state index contributed by atoms with van der Waals surface area (Å²) in [4.78, 5) is 24.5. The van der Waals surface area contributed by atoms with Crippen molar-refractivity contribution in [3.05, 3.63) is 33.9 Å². The number of nitrogens with zero attached hydrogens (tertiary/aromatic N) is 2. The summed E-state index contributed by atoms with van der Waals surface area (Å²) in [6.07, 6.45) is 7.23. The molecule has 104 valence electrons. The zero-order valence-electron chi connectivity index (χ0n) is 11.0. The third-order valence-corrected chi connectivity index (χ3v) is 3.23. The second-order valence-electron chi connectivity index (χ2n) is 4.54. The Morgan fingerprint density at radius 2 is 2.15 bits per heavy atom. The van der Waals surface area contributed by atoms with Crippen molar-refractivity contribution in [3.63, 3.8) is 0 Å². The van der Waals surface area contributed by atoms with Crippen LogP contribution >= 0.6 is 0 Å². The maximum absolute atomic E-state index is 12.1. The number of anilines is 1. The molecule has 0 radical (unpaired) electrons. The van der Waals surface area contributed by atoms with E-state index in [9.17, 15) is 14.9 Å². The van der Waals surface area contributed by atoms with Gasteiger partial charge >= 0.3 is 0 Å². The largest absolute Gasteiger partial charge is 0.371 e. The maximum atomic E-state index is 12.1. The summed E-state index contributed by atoms with van der Waals surface area (Å²) in [6.45, 7) is 1.81. The molecular formula is C14H15N3O3. The van der Waals surface area contributed by atoms with Gasteiger partial charge in [-0.3, -0.25) is 14.9 Å². The molecule has 1 amide bonds. The van der Waals surface area contributed by atoms with Crippen LogP contribution in [0.1, 0.15) is 23.2 Å². The predicted molar refractivity (Wildman–Crippen MR) is 75.7 cm³/mol. The first-order valence-corrected chi connectivity index (χ1v) is 6.38. The van der Waals surface area contributed by atoms with E-state index >= 15 is 0 Å². The van der Waals surface area contributed by atoms with Crippen molar-refractivity contribution < 1.29 is 9.72 Å². The summed E-state index contributed by atoms with van der Waals surface area (Å²) in [5, 5.41) is 13.4. The lowest BCUT2D eigenvalue weighted by molar-refractivity contribution is -0.384. The molecule has 0 unspecified atom stereocenters. The Hall–Kier alpha value is -2.55. The monoisotopic (exact) mass is 273 g/mol. The van der Waals surface area contributed by atoms with Gasteiger partial charge in [-0.2, -0.15) is 0 Å². The SMILES string of the molecule is C#CCNC(=O)c1cc([N+](=O)[O-])ccc1N1CCCC1. The smallest absolute Gasteiger partial charge is 0.270 e. The summed E-state index contributed by atoms with van der Waals surface area (Å²) in [6, 6.07) is 4.36. The lowest BCUT2D eigenvalue weighted by atomic mass is 10.1. The Labute approximate surface area is 116 Å². The van der Waals surface area contributed by atoms with E-state index in [2.05, 4.69) is 16.1 Å². The van der Waals surface area contributed by atoms with Crippen LogP contribution in [0, 0.1) is 22.5 Å². The Morgan fingerprint density at radius 3 is 2.75 bits per heavy atom.